The quantitative estimate of drug-likeness (QED) is 0.594. The molecule has 8 heteroatoms. The molecule has 0 radical (unpaired) electrons. The molecule has 106 valence electrons. The molecule has 6 nitrogen and oxygen atoms in total. The van der Waals surface area contributed by atoms with Crippen molar-refractivity contribution in [3.05, 3.63) is 51.2 Å². The maximum Gasteiger partial charge on any atom is 0.284 e. The van der Waals surface area contributed by atoms with Crippen molar-refractivity contribution in [1.82, 2.24) is 5.43 Å². The van der Waals surface area contributed by atoms with Crippen LogP contribution in [0.4, 0.5) is 5.69 Å². The molecular formula is C13H9N3O3S2. The zero-order chi connectivity index (χ0) is 15.0. The van der Waals surface area contributed by atoms with Gasteiger partial charge in [-0.1, -0.05) is 30.0 Å². The van der Waals surface area contributed by atoms with Gasteiger partial charge in [0.25, 0.3) is 11.8 Å². The fourth-order valence-corrected chi connectivity index (χ4v) is 3.94. The van der Waals surface area contributed by atoms with Crippen LogP contribution in [0, 0.1) is 0 Å². The Labute approximate surface area is 128 Å². The fourth-order valence-electron chi connectivity index (χ4n) is 1.85. The Morgan fingerprint density at radius 3 is 2.43 bits per heavy atom. The number of thioether (sulfide) groups is 2. The first-order valence-corrected chi connectivity index (χ1v) is 7.51. The molecule has 21 heavy (non-hydrogen) atoms. The summed E-state index contributed by atoms with van der Waals surface area (Å²) in [6.45, 7) is 0. The molecule has 0 unspecified atom stereocenters. The zero-order valence-corrected chi connectivity index (χ0v) is 12.2. The van der Waals surface area contributed by atoms with Gasteiger partial charge in [-0.05, 0) is 23.9 Å². The maximum atomic E-state index is 12.4. The van der Waals surface area contributed by atoms with E-state index in [1.165, 1.54) is 6.08 Å². The number of hydrogen-bond donors (Lipinski definition) is 2. The molecule has 0 atom stereocenters. The van der Waals surface area contributed by atoms with E-state index in [1.807, 2.05) is 6.07 Å². The smallest absolute Gasteiger partial charge is 0.284 e. The van der Waals surface area contributed by atoms with Crippen molar-refractivity contribution in [3.63, 3.8) is 0 Å². The Balaban J connectivity index is 1.99. The second-order valence-electron chi connectivity index (χ2n) is 4.15. The molecular weight excluding hydrogens is 310 g/mol. The second kappa shape index (κ2) is 5.30. The average Bonchev–Trinajstić information content (AvgIpc) is 2.74. The van der Waals surface area contributed by atoms with Crippen molar-refractivity contribution in [3.8, 4) is 0 Å². The SMILES string of the molecule is NC1=CC(=O)S/C(=C2\C(=O)NN(c3ccccc3)C2=O)S1. The monoisotopic (exact) mass is 319 g/mol. The van der Waals surface area contributed by atoms with Gasteiger partial charge in [0.15, 0.2) is 0 Å². The van der Waals surface area contributed by atoms with Gasteiger partial charge in [-0.2, -0.15) is 0 Å². The molecule has 2 aliphatic heterocycles. The van der Waals surface area contributed by atoms with Crippen LogP contribution in [0.25, 0.3) is 0 Å². The van der Waals surface area contributed by atoms with E-state index >= 15 is 0 Å². The van der Waals surface area contributed by atoms with Crippen molar-refractivity contribution in [2.24, 2.45) is 5.73 Å². The van der Waals surface area contributed by atoms with Crippen molar-refractivity contribution >= 4 is 46.1 Å². The summed E-state index contributed by atoms with van der Waals surface area (Å²) in [5.41, 5.74) is 8.60. The predicted molar refractivity (Wildman–Crippen MR) is 81.6 cm³/mol. The van der Waals surface area contributed by atoms with Crippen LogP contribution in [0.3, 0.4) is 0 Å². The van der Waals surface area contributed by atoms with Crippen molar-refractivity contribution in [1.29, 1.82) is 0 Å². The third kappa shape index (κ3) is 2.55. The highest BCUT2D eigenvalue weighted by atomic mass is 32.2. The lowest BCUT2D eigenvalue weighted by Gasteiger charge is -2.14. The molecule has 3 rings (SSSR count). The number of nitrogens with one attached hydrogen (secondary N) is 1. The minimum atomic E-state index is -0.540. The highest BCUT2D eigenvalue weighted by Crippen LogP contribution is 2.41. The normalized spacial score (nSPS) is 22.4. The molecule has 0 aliphatic carbocycles. The lowest BCUT2D eigenvalue weighted by Crippen LogP contribution is -2.35. The minimum absolute atomic E-state index is 0.0572. The molecule has 0 aromatic heterocycles. The Kier molecular flexibility index (Phi) is 3.48. The van der Waals surface area contributed by atoms with E-state index in [9.17, 15) is 14.4 Å². The molecule has 0 saturated carbocycles. The molecule has 3 N–H and O–H groups in total. The number of para-hydroxylation sites is 1. The first-order chi connectivity index (χ1) is 10.1. The highest BCUT2D eigenvalue weighted by molar-refractivity contribution is 8.31. The molecule has 1 saturated heterocycles. The van der Waals surface area contributed by atoms with E-state index < -0.39 is 11.8 Å². The van der Waals surface area contributed by atoms with Gasteiger partial charge in [0.05, 0.1) is 15.0 Å². The summed E-state index contributed by atoms with van der Waals surface area (Å²) in [5.74, 6) is -1.04. The molecule has 2 amide bonds. The minimum Gasteiger partial charge on any atom is -0.393 e. The number of benzene rings is 1. The third-order valence-corrected chi connectivity index (χ3v) is 4.69. The van der Waals surface area contributed by atoms with E-state index in [2.05, 4.69) is 5.43 Å². The Morgan fingerprint density at radius 2 is 1.76 bits per heavy atom. The number of nitrogens with zero attached hydrogens (tertiary/aromatic N) is 1. The summed E-state index contributed by atoms with van der Waals surface area (Å²) in [6.07, 6.45) is 1.27. The van der Waals surface area contributed by atoms with Crippen LogP contribution in [0.5, 0.6) is 0 Å². The van der Waals surface area contributed by atoms with Gasteiger partial charge in [0, 0.05) is 6.08 Å². The van der Waals surface area contributed by atoms with Crippen LogP contribution in [-0.2, 0) is 14.4 Å². The summed E-state index contributed by atoms with van der Waals surface area (Å²) < 4.78 is 0.306. The van der Waals surface area contributed by atoms with Crippen LogP contribution < -0.4 is 16.2 Å². The largest absolute Gasteiger partial charge is 0.393 e. The van der Waals surface area contributed by atoms with Gasteiger partial charge < -0.3 is 5.73 Å². The number of amides is 2. The van der Waals surface area contributed by atoms with Gasteiger partial charge in [-0.3, -0.25) is 19.8 Å². The van der Waals surface area contributed by atoms with Crippen LogP contribution in [0.15, 0.2) is 51.2 Å². The molecule has 1 fully saturated rings. The average molecular weight is 319 g/mol. The van der Waals surface area contributed by atoms with E-state index in [0.29, 0.717) is 9.92 Å². The van der Waals surface area contributed by atoms with Gasteiger partial charge in [0.1, 0.15) is 5.57 Å². The maximum absolute atomic E-state index is 12.4. The van der Waals surface area contributed by atoms with E-state index in [-0.39, 0.29) is 15.7 Å². The molecule has 0 bridgehead atoms. The van der Waals surface area contributed by atoms with Gasteiger partial charge in [0.2, 0.25) is 5.12 Å². The Hall–Kier alpha value is -2.19. The standard InChI is InChI=1S/C13H9N3O3S2/c14-8-6-9(17)21-13(20-8)10-11(18)15-16(12(10)19)7-4-2-1-3-5-7/h1-6H,14H2,(H,15,18)/b13-10+. The van der Waals surface area contributed by atoms with Crippen LogP contribution >= 0.6 is 23.5 Å². The second-order valence-corrected chi connectivity index (χ2v) is 6.51. The summed E-state index contributed by atoms with van der Waals surface area (Å²) >= 11 is 1.88. The molecule has 0 spiro atoms. The summed E-state index contributed by atoms with van der Waals surface area (Å²) in [6, 6.07) is 8.73. The lowest BCUT2D eigenvalue weighted by atomic mass is 10.2. The summed E-state index contributed by atoms with van der Waals surface area (Å²) in [7, 11) is 0. The first kappa shape index (κ1) is 13.8. The van der Waals surface area contributed by atoms with E-state index in [1.54, 1.807) is 24.3 Å². The number of rotatable bonds is 1. The van der Waals surface area contributed by atoms with Gasteiger partial charge >= 0.3 is 0 Å². The molecule has 2 aliphatic rings. The number of hydrogen-bond acceptors (Lipinski definition) is 6. The topological polar surface area (TPSA) is 92.5 Å². The van der Waals surface area contributed by atoms with E-state index in [4.69, 9.17) is 5.73 Å². The molecule has 1 aromatic carbocycles. The van der Waals surface area contributed by atoms with Crippen LogP contribution in [0.2, 0.25) is 0 Å². The summed E-state index contributed by atoms with van der Waals surface area (Å²) in [4.78, 5) is 36.0. The zero-order valence-electron chi connectivity index (χ0n) is 10.5. The number of carbonyl (C=O) groups is 3. The third-order valence-electron chi connectivity index (χ3n) is 2.74. The van der Waals surface area contributed by atoms with Crippen LogP contribution in [-0.4, -0.2) is 16.9 Å². The number of carbonyl (C=O) groups excluding carboxylic acids is 3. The molecule has 1 aromatic rings. The Morgan fingerprint density at radius 1 is 1.05 bits per heavy atom. The van der Waals surface area contributed by atoms with Crippen molar-refractivity contribution < 1.29 is 14.4 Å². The number of nitrogens with two attached hydrogens (primary N) is 1. The summed E-state index contributed by atoms with van der Waals surface area (Å²) in [5, 5.41) is 1.12. The van der Waals surface area contributed by atoms with Gasteiger partial charge in [-0.25, -0.2) is 5.01 Å². The number of hydrazine groups is 1. The molecule has 2 heterocycles. The van der Waals surface area contributed by atoms with Gasteiger partial charge in [-0.15, -0.1) is 0 Å². The van der Waals surface area contributed by atoms with Crippen molar-refractivity contribution in [2.75, 3.05) is 5.01 Å². The van der Waals surface area contributed by atoms with Crippen LogP contribution in [0.1, 0.15) is 0 Å². The van der Waals surface area contributed by atoms with Crippen molar-refractivity contribution in [2.45, 2.75) is 0 Å². The highest BCUT2D eigenvalue weighted by Gasteiger charge is 2.38. The predicted octanol–water partition coefficient (Wildman–Crippen LogP) is 1.08. The fraction of sp³-hybridized carbons (Fsp3) is 0. The lowest BCUT2D eigenvalue weighted by molar-refractivity contribution is -0.117. The first-order valence-electron chi connectivity index (χ1n) is 5.88. The van der Waals surface area contributed by atoms with E-state index in [0.717, 1.165) is 28.5 Å². The Bertz CT molecular complexity index is 713. The number of anilines is 1.